The van der Waals surface area contributed by atoms with Gasteiger partial charge in [0.1, 0.15) is 0 Å². The SMILES string of the molecule is Cc1ccc(-c2nc(NCCN3CCOCC3)ncc2-c2ccncc2)cc1. The van der Waals surface area contributed by atoms with E-state index in [1.165, 1.54) is 5.56 Å². The lowest BCUT2D eigenvalue weighted by Gasteiger charge is -2.26. The zero-order valence-electron chi connectivity index (χ0n) is 16.1. The van der Waals surface area contributed by atoms with Gasteiger partial charge < -0.3 is 10.1 Å². The first-order chi connectivity index (χ1) is 13.8. The molecule has 0 bridgehead atoms. The van der Waals surface area contributed by atoms with Gasteiger partial charge in [-0.2, -0.15) is 0 Å². The Morgan fingerprint density at radius 1 is 1.00 bits per heavy atom. The summed E-state index contributed by atoms with van der Waals surface area (Å²) < 4.78 is 5.40. The summed E-state index contributed by atoms with van der Waals surface area (Å²) in [6.07, 6.45) is 5.49. The second-order valence-corrected chi connectivity index (χ2v) is 6.94. The lowest BCUT2D eigenvalue weighted by Crippen LogP contribution is -2.39. The Morgan fingerprint density at radius 3 is 2.50 bits per heavy atom. The Bertz CT molecular complexity index is 893. The molecule has 1 saturated heterocycles. The Kier molecular flexibility index (Phi) is 5.89. The molecule has 0 aliphatic carbocycles. The standard InChI is InChI=1S/C22H25N5O/c1-17-2-4-19(5-3-17)21-20(18-6-8-23-9-7-18)16-25-22(26-21)24-10-11-27-12-14-28-15-13-27/h2-9,16H,10-15H2,1H3,(H,24,25,26). The molecule has 1 fully saturated rings. The molecule has 0 amide bonds. The molecule has 2 aromatic heterocycles. The molecule has 3 aromatic rings. The summed E-state index contributed by atoms with van der Waals surface area (Å²) >= 11 is 0. The summed E-state index contributed by atoms with van der Waals surface area (Å²) in [5, 5.41) is 3.38. The van der Waals surface area contributed by atoms with E-state index in [-0.39, 0.29) is 0 Å². The normalized spacial score (nSPS) is 14.8. The average molecular weight is 375 g/mol. The highest BCUT2D eigenvalue weighted by atomic mass is 16.5. The summed E-state index contributed by atoms with van der Waals surface area (Å²) in [7, 11) is 0. The minimum absolute atomic E-state index is 0.654. The molecule has 1 aromatic carbocycles. The van der Waals surface area contributed by atoms with Crippen LogP contribution in [0.2, 0.25) is 0 Å². The number of aryl methyl sites for hydroxylation is 1. The van der Waals surface area contributed by atoms with Crippen LogP contribution >= 0.6 is 0 Å². The second-order valence-electron chi connectivity index (χ2n) is 6.94. The van der Waals surface area contributed by atoms with Gasteiger partial charge in [-0.3, -0.25) is 9.88 Å². The molecule has 6 heteroatoms. The van der Waals surface area contributed by atoms with Crippen LogP contribution in [-0.2, 0) is 4.74 Å². The first kappa shape index (κ1) is 18.5. The Hall–Kier alpha value is -2.83. The van der Waals surface area contributed by atoms with Crippen LogP contribution in [0.3, 0.4) is 0 Å². The van der Waals surface area contributed by atoms with Crippen LogP contribution in [0.25, 0.3) is 22.4 Å². The minimum Gasteiger partial charge on any atom is -0.379 e. The fraction of sp³-hybridized carbons (Fsp3) is 0.318. The van der Waals surface area contributed by atoms with Crippen LogP contribution in [-0.4, -0.2) is 59.2 Å². The highest BCUT2D eigenvalue weighted by Gasteiger charge is 2.13. The van der Waals surface area contributed by atoms with Gasteiger partial charge in [-0.1, -0.05) is 29.8 Å². The number of morpholine rings is 1. The van der Waals surface area contributed by atoms with E-state index in [1.807, 2.05) is 18.3 Å². The van der Waals surface area contributed by atoms with Crippen molar-refractivity contribution in [3.63, 3.8) is 0 Å². The monoisotopic (exact) mass is 375 g/mol. The molecule has 0 unspecified atom stereocenters. The molecular weight excluding hydrogens is 350 g/mol. The maximum Gasteiger partial charge on any atom is 0.223 e. The maximum absolute atomic E-state index is 5.40. The summed E-state index contributed by atoms with van der Waals surface area (Å²) in [6, 6.07) is 12.4. The molecule has 0 saturated carbocycles. The van der Waals surface area contributed by atoms with Crippen molar-refractivity contribution in [1.29, 1.82) is 0 Å². The van der Waals surface area contributed by atoms with Crippen molar-refractivity contribution in [1.82, 2.24) is 19.9 Å². The summed E-state index contributed by atoms with van der Waals surface area (Å²) in [4.78, 5) is 15.9. The van der Waals surface area contributed by atoms with Crippen molar-refractivity contribution in [2.75, 3.05) is 44.7 Å². The number of rotatable bonds is 6. The predicted octanol–water partition coefficient (Wildman–Crippen LogP) is 3.26. The van der Waals surface area contributed by atoms with Gasteiger partial charge in [-0.25, -0.2) is 9.97 Å². The molecule has 144 valence electrons. The van der Waals surface area contributed by atoms with E-state index in [9.17, 15) is 0 Å². The largest absolute Gasteiger partial charge is 0.379 e. The number of ether oxygens (including phenoxy) is 1. The third-order valence-electron chi connectivity index (χ3n) is 4.92. The van der Waals surface area contributed by atoms with E-state index in [1.54, 1.807) is 12.4 Å². The van der Waals surface area contributed by atoms with E-state index in [2.05, 4.69) is 51.4 Å². The number of nitrogens with zero attached hydrogens (tertiary/aromatic N) is 4. The van der Waals surface area contributed by atoms with Gasteiger partial charge in [0.15, 0.2) is 0 Å². The third kappa shape index (κ3) is 4.52. The molecule has 1 N–H and O–H groups in total. The lowest BCUT2D eigenvalue weighted by atomic mass is 10.0. The van der Waals surface area contributed by atoms with Crippen LogP contribution in [0.4, 0.5) is 5.95 Å². The first-order valence-corrected chi connectivity index (χ1v) is 9.68. The van der Waals surface area contributed by atoms with Crippen LogP contribution in [0.5, 0.6) is 0 Å². The lowest BCUT2D eigenvalue weighted by molar-refractivity contribution is 0.0398. The van der Waals surface area contributed by atoms with Crippen LogP contribution in [0.1, 0.15) is 5.56 Å². The molecule has 4 rings (SSSR count). The number of benzene rings is 1. The van der Waals surface area contributed by atoms with Crippen LogP contribution < -0.4 is 5.32 Å². The first-order valence-electron chi connectivity index (χ1n) is 9.68. The zero-order chi connectivity index (χ0) is 19.2. The van der Waals surface area contributed by atoms with Crippen LogP contribution in [0.15, 0.2) is 55.0 Å². The van der Waals surface area contributed by atoms with E-state index in [0.29, 0.717) is 5.95 Å². The molecule has 0 radical (unpaired) electrons. The highest BCUT2D eigenvalue weighted by Crippen LogP contribution is 2.30. The number of hydrogen-bond donors (Lipinski definition) is 1. The Labute approximate surface area is 165 Å². The van der Waals surface area contributed by atoms with Gasteiger partial charge >= 0.3 is 0 Å². The molecule has 3 heterocycles. The Balaban J connectivity index is 1.57. The van der Waals surface area contributed by atoms with Crippen molar-refractivity contribution >= 4 is 5.95 Å². The molecule has 0 atom stereocenters. The summed E-state index contributed by atoms with van der Waals surface area (Å²) in [6.45, 7) is 7.45. The fourth-order valence-corrected chi connectivity index (χ4v) is 3.29. The van der Waals surface area contributed by atoms with Crippen molar-refractivity contribution in [2.24, 2.45) is 0 Å². The number of nitrogens with one attached hydrogen (secondary N) is 1. The number of anilines is 1. The second kappa shape index (κ2) is 8.91. The van der Waals surface area contributed by atoms with Crippen molar-refractivity contribution in [2.45, 2.75) is 6.92 Å². The molecular formula is C22H25N5O. The quantitative estimate of drug-likeness (QED) is 0.714. The van der Waals surface area contributed by atoms with Crippen molar-refractivity contribution in [3.05, 3.63) is 60.6 Å². The van der Waals surface area contributed by atoms with E-state index in [0.717, 1.165) is 61.8 Å². The van der Waals surface area contributed by atoms with E-state index in [4.69, 9.17) is 9.72 Å². The topological polar surface area (TPSA) is 63.2 Å². The van der Waals surface area contributed by atoms with Crippen LogP contribution in [0, 0.1) is 6.92 Å². The smallest absolute Gasteiger partial charge is 0.223 e. The van der Waals surface area contributed by atoms with Crippen molar-refractivity contribution in [3.8, 4) is 22.4 Å². The zero-order valence-corrected chi connectivity index (χ0v) is 16.1. The average Bonchev–Trinajstić information content (AvgIpc) is 2.76. The van der Waals surface area contributed by atoms with Gasteiger partial charge in [-0.05, 0) is 24.6 Å². The minimum atomic E-state index is 0.654. The number of aromatic nitrogens is 3. The van der Waals surface area contributed by atoms with Crippen molar-refractivity contribution < 1.29 is 4.74 Å². The van der Waals surface area contributed by atoms with Gasteiger partial charge in [0.25, 0.3) is 0 Å². The number of pyridine rings is 1. The maximum atomic E-state index is 5.40. The third-order valence-corrected chi connectivity index (χ3v) is 4.92. The molecule has 0 spiro atoms. The van der Waals surface area contributed by atoms with Gasteiger partial charge in [0.2, 0.25) is 5.95 Å². The molecule has 28 heavy (non-hydrogen) atoms. The van der Waals surface area contributed by atoms with Gasteiger partial charge in [0.05, 0.1) is 18.9 Å². The van der Waals surface area contributed by atoms with E-state index >= 15 is 0 Å². The highest BCUT2D eigenvalue weighted by molar-refractivity contribution is 5.80. The Morgan fingerprint density at radius 2 is 1.75 bits per heavy atom. The predicted molar refractivity (Wildman–Crippen MR) is 111 cm³/mol. The van der Waals surface area contributed by atoms with Gasteiger partial charge in [-0.15, -0.1) is 0 Å². The fourth-order valence-electron chi connectivity index (χ4n) is 3.29. The molecule has 1 aliphatic heterocycles. The van der Waals surface area contributed by atoms with E-state index < -0.39 is 0 Å². The molecule has 6 nitrogen and oxygen atoms in total. The summed E-state index contributed by atoms with van der Waals surface area (Å²) in [5.41, 5.74) is 5.30. The molecule has 1 aliphatic rings. The summed E-state index contributed by atoms with van der Waals surface area (Å²) in [5.74, 6) is 0.654. The number of hydrogen-bond acceptors (Lipinski definition) is 6. The van der Waals surface area contributed by atoms with Gasteiger partial charge in [0, 0.05) is 55.9 Å².